The van der Waals surface area contributed by atoms with E-state index in [1.54, 1.807) is 7.05 Å². The molecule has 0 heterocycles. The van der Waals surface area contributed by atoms with Crippen LogP contribution in [0.25, 0.3) is 0 Å². The molecule has 1 aliphatic rings. The molecule has 0 spiro atoms. The van der Waals surface area contributed by atoms with Gasteiger partial charge in [-0.1, -0.05) is 0 Å². The largest absolute Gasteiger partial charge is 0.465 e. The van der Waals surface area contributed by atoms with Gasteiger partial charge in [0.25, 0.3) is 0 Å². The molecular weight excluding hydrogens is 172 g/mol. The van der Waals surface area contributed by atoms with Gasteiger partial charge in [0, 0.05) is 19.0 Å². The monoisotopic (exact) mass is 186 g/mol. The third-order valence-electron chi connectivity index (χ3n) is 2.38. The summed E-state index contributed by atoms with van der Waals surface area (Å²) in [6.07, 6.45) is 1.13. The summed E-state index contributed by atoms with van der Waals surface area (Å²) in [6, 6.07) is -0.0557. The highest BCUT2D eigenvalue weighted by atomic mass is 16.4. The molecule has 74 valence electrons. The smallest absolute Gasteiger partial charge is 0.404 e. The average Bonchev–Trinajstić information content (AvgIpc) is 2.50. The first kappa shape index (κ1) is 9.83. The molecule has 0 aromatic heterocycles. The van der Waals surface area contributed by atoms with Crippen LogP contribution in [0.2, 0.25) is 0 Å². The van der Waals surface area contributed by atoms with Crippen molar-refractivity contribution in [1.82, 2.24) is 10.6 Å². The van der Waals surface area contributed by atoms with Crippen molar-refractivity contribution >= 4 is 12.0 Å². The van der Waals surface area contributed by atoms with E-state index in [0.29, 0.717) is 6.42 Å². The van der Waals surface area contributed by atoms with Gasteiger partial charge in [-0.3, -0.25) is 4.79 Å². The Hall–Kier alpha value is -1.26. The Morgan fingerprint density at radius 3 is 2.62 bits per heavy atom. The van der Waals surface area contributed by atoms with Gasteiger partial charge in [-0.05, 0) is 19.3 Å². The molecule has 2 atom stereocenters. The summed E-state index contributed by atoms with van der Waals surface area (Å²) in [5.74, 6) is -0.0171. The summed E-state index contributed by atoms with van der Waals surface area (Å²) in [7, 11) is 1.60. The number of carbonyl (C=O) groups excluding carboxylic acids is 1. The maximum Gasteiger partial charge on any atom is 0.404 e. The van der Waals surface area contributed by atoms with Gasteiger partial charge in [-0.15, -0.1) is 0 Å². The van der Waals surface area contributed by atoms with Gasteiger partial charge in [-0.2, -0.15) is 0 Å². The Kier molecular flexibility index (Phi) is 3.11. The first-order valence-corrected chi connectivity index (χ1v) is 4.34. The third kappa shape index (κ3) is 2.61. The standard InChI is InChI=1S/C8H14N2O3/c1-9-7(11)5-2-3-6(4-5)10-8(12)13/h5-6,10H,2-4H2,1H3,(H,9,11)(H,12,13)/t5-,6+/m1/s1. The summed E-state index contributed by atoms with van der Waals surface area (Å²) in [5.41, 5.74) is 0. The van der Waals surface area contributed by atoms with Gasteiger partial charge in [0.05, 0.1) is 0 Å². The highest BCUT2D eigenvalue weighted by molar-refractivity contribution is 5.78. The fourth-order valence-corrected chi connectivity index (χ4v) is 1.73. The number of rotatable bonds is 2. The number of carboxylic acid groups (broad SMARTS) is 1. The van der Waals surface area contributed by atoms with Crippen molar-refractivity contribution in [3.63, 3.8) is 0 Å². The van der Waals surface area contributed by atoms with Gasteiger partial charge < -0.3 is 15.7 Å². The van der Waals surface area contributed by atoms with E-state index in [1.165, 1.54) is 0 Å². The minimum absolute atomic E-state index is 0.00897. The second kappa shape index (κ2) is 4.11. The van der Waals surface area contributed by atoms with Crippen molar-refractivity contribution < 1.29 is 14.7 Å². The molecule has 0 saturated heterocycles. The number of nitrogens with one attached hydrogen (secondary N) is 2. The van der Waals surface area contributed by atoms with Crippen molar-refractivity contribution in [2.75, 3.05) is 7.05 Å². The van der Waals surface area contributed by atoms with E-state index in [0.717, 1.165) is 12.8 Å². The molecule has 1 saturated carbocycles. The van der Waals surface area contributed by atoms with Crippen LogP contribution in [0.5, 0.6) is 0 Å². The van der Waals surface area contributed by atoms with Crippen LogP contribution >= 0.6 is 0 Å². The van der Waals surface area contributed by atoms with Gasteiger partial charge >= 0.3 is 6.09 Å². The lowest BCUT2D eigenvalue weighted by Crippen LogP contribution is -2.33. The quantitative estimate of drug-likeness (QED) is 0.575. The molecule has 0 aromatic rings. The van der Waals surface area contributed by atoms with E-state index in [2.05, 4.69) is 10.6 Å². The van der Waals surface area contributed by atoms with Crippen molar-refractivity contribution in [1.29, 1.82) is 0 Å². The predicted molar refractivity (Wildman–Crippen MR) is 46.4 cm³/mol. The molecular formula is C8H14N2O3. The van der Waals surface area contributed by atoms with Gasteiger partial charge in [0.15, 0.2) is 0 Å². The molecule has 0 radical (unpaired) electrons. The number of hydrogen-bond acceptors (Lipinski definition) is 2. The van der Waals surface area contributed by atoms with Crippen molar-refractivity contribution in [3.05, 3.63) is 0 Å². The lowest BCUT2D eigenvalue weighted by Gasteiger charge is -2.09. The van der Waals surface area contributed by atoms with E-state index in [-0.39, 0.29) is 17.9 Å². The van der Waals surface area contributed by atoms with E-state index in [4.69, 9.17) is 5.11 Å². The number of amides is 2. The molecule has 0 unspecified atom stereocenters. The van der Waals surface area contributed by atoms with Crippen LogP contribution in [0.1, 0.15) is 19.3 Å². The van der Waals surface area contributed by atoms with Crippen LogP contribution in [0, 0.1) is 5.92 Å². The Balaban J connectivity index is 2.36. The van der Waals surface area contributed by atoms with E-state index in [9.17, 15) is 9.59 Å². The molecule has 1 rings (SSSR count). The van der Waals surface area contributed by atoms with Crippen LogP contribution in [-0.2, 0) is 4.79 Å². The molecule has 5 heteroatoms. The summed E-state index contributed by atoms with van der Waals surface area (Å²) in [6.45, 7) is 0. The fourth-order valence-electron chi connectivity index (χ4n) is 1.73. The van der Waals surface area contributed by atoms with Crippen LogP contribution in [-0.4, -0.2) is 30.2 Å². The lowest BCUT2D eigenvalue weighted by molar-refractivity contribution is -0.124. The van der Waals surface area contributed by atoms with E-state index in [1.807, 2.05) is 0 Å². The molecule has 3 N–H and O–H groups in total. The number of carbonyl (C=O) groups is 2. The minimum Gasteiger partial charge on any atom is -0.465 e. The molecule has 5 nitrogen and oxygen atoms in total. The Morgan fingerprint density at radius 1 is 1.38 bits per heavy atom. The second-order valence-electron chi connectivity index (χ2n) is 3.27. The first-order chi connectivity index (χ1) is 6.13. The number of hydrogen-bond donors (Lipinski definition) is 3. The molecule has 2 amide bonds. The van der Waals surface area contributed by atoms with Gasteiger partial charge in [0.2, 0.25) is 5.91 Å². The molecule has 1 fully saturated rings. The summed E-state index contributed by atoms with van der Waals surface area (Å²) in [5, 5.41) is 13.4. The summed E-state index contributed by atoms with van der Waals surface area (Å²) < 4.78 is 0. The van der Waals surface area contributed by atoms with Crippen LogP contribution in [0.15, 0.2) is 0 Å². The average molecular weight is 186 g/mol. The SMILES string of the molecule is CNC(=O)[C@@H]1CC[C@H](NC(=O)O)C1. The molecule has 13 heavy (non-hydrogen) atoms. The van der Waals surface area contributed by atoms with Crippen LogP contribution in [0.4, 0.5) is 4.79 Å². The van der Waals surface area contributed by atoms with Crippen molar-refractivity contribution in [2.45, 2.75) is 25.3 Å². The Labute approximate surface area is 76.5 Å². The highest BCUT2D eigenvalue weighted by Gasteiger charge is 2.29. The van der Waals surface area contributed by atoms with E-state index < -0.39 is 6.09 Å². The molecule has 0 aliphatic heterocycles. The lowest BCUT2D eigenvalue weighted by atomic mass is 10.1. The zero-order valence-corrected chi connectivity index (χ0v) is 7.54. The normalized spacial score (nSPS) is 26.8. The van der Waals surface area contributed by atoms with Crippen LogP contribution < -0.4 is 10.6 Å². The zero-order chi connectivity index (χ0) is 9.84. The molecule has 0 aromatic carbocycles. The third-order valence-corrected chi connectivity index (χ3v) is 2.38. The zero-order valence-electron chi connectivity index (χ0n) is 7.54. The fraction of sp³-hybridized carbons (Fsp3) is 0.750. The Bertz CT molecular complexity index is 217. The minimum atomic E-state index is -1.01. The van der Waals surface area contributed by atoms with Gasteiger partial charge in [-0.25, -0.2) is 4.79 Å². The maximum atomic E-state index is 11.2. The van der Waals surface area contributed by atoms with Crippen LogP contribution in [0.3, 0.4) is 0 Å². The molecule has 1 aliphatic carbocycles. The summed E-state index contributed by atoms with van der Waals surface area (Å²) in [4.78, 5) is 21.4. The first-order valence-electron chi connectivity index (χ1n) is 4.34. The Morgan fingerprint density at radius 2 is 2.08 bits per heavy atom. The predicted octanol–water partition coefficient (Wildman–Crippen LogP) is 0.169. The van der Waals surface area contributed by atoms with Crippen molar-refractivity contribution in [2.24, 2.45) is 5.92 Å². The van der Waals surface area contributed by atoms with Crippen molar-refractivity contribution in [3.8, 4) is 0 Å². The highest BCUT2D eigenvalue weighted by Crippen LogP contribution is 2.25. The topological polar surface area (TPSA) is 78.4 Å². The van der Waals surface area contributed by atoms with E-state index >= 15 is 0 Å². The molecule has 0 bridgehead atoms. The van der Waals surface area contributed by atoms with Gasteiger partial charge in [0.1, 0.15) is 0 Å². The second-order valence-corrected chi connectivity index (χ2v) is 3.27. The summed E-state index contributed by atoms with van der Waals surface area (Å²) >= 11 is 0. The maximum absolute atomic E-state index is 11.2.